The molecule has 0 amide bonds. The molecule has 0 aromatic carbocycles. The highest BCUT2D eigenvalue weighted by molar-refractivity contribution is 6.30. The van der Waals surface area contributed by atoms with Crippen molar-refractivity contribution >= 4 is 17.2 Å². The average Bonchev–Trinajstić information content (AvgIpc) is 2.72. The van der Waals surface area contributed by atoms with E-state index in [0.717, 1.165) is 62.1 Å². The first-order chi connectivity index (χ1) is 10.2. The third-order valence-electron chi connectivity index (χ3n) is 3.95. The molecule has 3 heterocycles. The zero-order chi connectivity index (χ0) is 14.7. The largest absolute Gasteiger partial charge is 0.395 e. The molecule has 0 unspecified atom stereocenters. The number of aliphatic hydroxyl groups is 1. The van der Waals surface area contributed by atoms with E-state index in [1.54, 1.807) is 0 Å². The van der Waals surface area contributed by atoms with Gasteiger partial charge in [0.05, 0.1) is 17.3 Å². The van der Waals surface area contributed by atoms with Crippen LogP contribution in [-0.2, 0) is 6.54 Å². The third kappa shape index (κ3) is 3.74. The van der Waals surface area contributed by atoms with Crippen LogP contribution in [0.4, 0.5) is 0 Å². The summed E-state index contributed by atoms with van der Waals surface area (Å²) in [6.07, 6.45) is 5.08. The number of pyridine rings is 1. The molecule has 1 aliphatic heterocycles. The number of halogens is 1. The molecule has 21 heavy (non-hydrogen) atoms. The number of imidazole rings is 1. The third-order valence-corrected chi connectivity index (χ3v) is 4.17. The Morgan fingerprint density at radius 2 is 1.90 bits per heavy atom. The van der Waals surface area contributed by atoms with Gasteiger partial charge in [-0.05, 0) is 31.6 Å². The van der Waals surface area contributed by atoms with Crippen molar-refractivity contribution in [1.82, 2.24) is 19.2 Å². The molecule has 0 radical (unpaired) electrons. The van der Waals surface area contributed by atoms with E-state index in [2.05, 4.69) is 21.0 Å². The van der Waals surface area contributed by atoms with Crippen LogP contribution >= 0.6 is 11.6 Å². The van der Waals surface area contributed by atoms with Gasteiger partial charge < -0.3 is 9.51 Å². The van der Waals surface area contributed by atoms with Crippen molar-refractivity contribution in [2.45, 2.75) is 13.0 Å². The van der Waals surface area contributed by atoms with Crippen molar-refractivity contribution < 1.29 is 5.11 Å². The van der Waals surface area contributed by atoms with Crippen molar-refractivity contribution in [3.05, 3.63) is 35.2 Å². The fourth-order valence-corrected chi connectivity index (χ4v) is 3.04. The van der Waals surface area contributed by atoms with Gasteiger partial charge in [0.1, 0.15) is 5.65 Å². The molecular formula is C15H21ClN4O. The molecule has 0 atom stereocenters. The highest BCUT2D eigenvalue weighted by atomic mass is 35.5. The van der Waals surface area contributed by atoms with Crippen LogP contribution in [0.2, 0.25) is 5.02 Å². The van der Waals surface area contributed by atoms with Crippen LogP contribution in [0.25, 0.3) is 5.65 Å². The monoisotopic (exact) mass is 308 g/mol. The molecule has 0 bridgehead atoms. The SMILES string of the molecule is OCCN1CCCN(Cc2cn3cc(Cl)ccc3n2)CC1. The van der Waals surface area contributed by atoms with Crippen LogP contribution in [0.15, 0.2) is 24.5 Å². The Morgan fingerprint density at radius 3 is 2.76 bits per heavy atom. The van der Waals surface area contributed by atoms with E-state index in [0.29, 0.717) is 0 Å². The first-order valence-corrected chi connectivity index (χ1v) is 7.81. The Balaban J connectivity index is 1.64. The highest BCUT2D eigenvalue weighted by Crippen LogP contribution is 2.13. The number of hydrogen-bond donors (Lipinski definition) is 1. The molecule has 0 spiro atoms. The van der Waals surface area contributed by atoms with E-state index in [1.807, 2.05) is 22.7 Å². The lowest BCUT2D eigenvalue weighted by Crippen LogP contribution is -2.32. The summed E-state index contributed by atoms with van der Waals surface area (Å²) in [5, 5.41) is 9.76. The van der Waals surface area contributed by atoms with Crippen molar-refractivity contribution in [2.75, 3.05) is 39.3 Å². The fraction of sp³-hybridized carbons (Fsp3) is 0.533. The molecule has 0 aliphatic carbocycles. The summed E-state index contributed by atoms with van der Waals surface area (Å²) in [5.41, 5.74) is 2.01. The lowest BCUT2D eigenvalue weighted by molar-refractivity contribution is 0.195. The topological polar surface area (TPSA) is 44.0 Å². The van der Waals surface area contributed by atoms with E-state index in [4.69, 9.17) is 16.7 Å². The summed E-state index contributed by atoms with van der Waals surface area (Å²) in [6, 6.07) is 3.81. The van der Waals surface area contributed by atoms with Crippen molar-refractivity contribution in [3.8, 4) is 0 Å². The van der Waals surface area contributed by atoms with Crippen LogP contribution < -0.4 is 0 Å². The van der Waals surface area contributed by atoms with Gasteiger partial charge in [-0.15, -0.1) is 0 Å². The first-order valence-electron chi connectivity index (χ1n) is 7.43. The predicted octanol–water partition coefficient (Wildman–Crippen LogP) is 1.49. The quantitative estimate of drug-likeness (QED) is 0.929. The van der Waals surface area contributed by atoms with Gasteiger partial charge in [-0.25, -0.2) is 4.98 Å². The van der Waals surface area contributed by atoms with Crippen LogP contribution in [-0.4, -0.2) is 63.6 Å². The number of aliphatic hydroxyl groups excluding tert-OH is 1. The Morgan fingerprint density at radius 1 is 1.10 bits per heavy atom. The van der Waals surface area contributed by atoms with Crippen molar-refractivity contribution in [2.24, 2.45) is 0 Å². The lowest BCUT2D eigenvalue weighted by Gasteiger charge is -2.20. The van der Waals surface area contributed by atoms with Crippen LogP contribution in [0.3, 0.4) is 0 Å². The summed E-state index contributed by atoms with van der Waals surface area (Å²) in [6.45, 7) is 6.07. The van der Waals surface area contributed by atoms with Crippen LogP contribution in [0.1, 0.15) is 12.1 Å². The van der Waals surface area contributed by atoms with E-state index in [-0.39, 0.29) is 6.61 Å². The van der Waals surface area contributed by atoms with Gasteiger partial charge in [-0.2, -0.15) is 0 Å². The lowest BCUT2D eigenvalue weighted by atomic mass is 10.3. The van der Waals surface area contributed by atoms with Gasteiger partial charge in [0.15, 0.2) is 0 Å². The molecule has 114 valence electrons. The molecular weight excluding hydrogens is 288 g/mol. The summed E-state index contributed by atoms with van der Waals surface area (Å²) in [7, 11) is 0. The molecule has 1 saturated heterocycles. The molecule has 1 fully saturated rings. The minimum atomic E-state index is 0.243. The van der Waals surface area contributed by atoms with Gasteiger partial charge in [0.2, 0.25) is 0 Å². The number of β-amino-alcohol motifs (C(OH)–C–C–N with tert-alkyl or cyclic N) is 1. The summed E-state index contributed by atoms with van der Waals surface area (Å²) in [5.74, 6) is 0. The Bertz CT molecular complexity index is 600. The molecule has 0 saturated carbocycles. The Kier molecular flexibility index (Phi) is 4.75. The molecule has 2 aromatic rings. The smallest absolute Gasteiger partial charge is 0.137 e. The van der Waals surface area contributed by atoms with Gasteiger partial charge in [-0.3, -0.25) is 9.80 Å². The Labute approximate surface area is 129 Å². The molecule has 5 nitrogen and oxygen atoms in total. The van der Waals surface area contributed by atoms with E-state index < -0.39 is 0 Å². The zero-order valence-corrected chi connectivity index (χ0v) is 12.8. The van der Waals surface area contributed by atoms with Crippen molar-refractivity contribution in [1.29, 1.82) is 0 Å². The zero-order valence-electron chi connectivity index (χ0n) is 12.1. The molecule has 1 N–H and O–H groups in total. The van der Waals surface area contributed by atoms with Crippen LogP contribution in [0.5, 0.6) is 0 Å². The normalized spacial score (nSPS) is 18.2. The summed E-state index contributed by atoms with van der Waals surface area (Å²) in [4.78, 5) is 9.40. The fourth-order valence-electron chi connectivity index (χ4n) is 2.87. The molecule has 3 rings (SSSR count). The average molecular weight is 309 g/mol. The molecule has 6 heteroatoms. The summed E-state index contributed by atoms with van der Waals surface area (Å²) < 4.78 is 1.98. The van der Waals surface area contributed by atoms with Gasteiger partial charge >= 0.3 is 0 Å². The number of fused-ring (bicyclic) bond motifs is 1. The number of rotatable bonds is 4. The first kappa shape index (κ1) is 14.8. The second kappa shape index (κ2) is 6.75. The maximum absolute atomic E-state index is 9.04. The minimum Gasteiger partial charge on any atom is -0.395 e. The van der Waals surface area contributed by atoms with Crippen LogP contribution in [0, 0.1) is 0 Å². The van der Waals surface area contributed by atoms with E-state index in [9.17, 15) is 0 Å². The predicted molar refractivity (Wildman–Crippen MR) is 83.6 cm³/mol. The maximum Gasteiger partial charge on any atom is 0.137 e. The second-order valence-corrected chi connectivity index (χ2v) is 5.98. The van der Waals surface area contributed by atoms with E-state index in [1.165, 1.54) is 0 Å². The maximum atomic E-state index is 9.04. The number of nitrogens with zero attached hydrogens (tertiary/aromatic N) is 4. The number of hydrogen-bond acceptors (Lipinski definition) is 4. The molecule has 1 aliphatic rings. The second-order valence-electron chi connectivity index (χ2n) is 5.54. The highest BCUT2D eigenvalue weighted by Gasteiger charge is 2.15. The molecule has 2 aromatic heterocycles. The van der Waals surface area contributed by atoms with Gasteiger partial charge in [-0.1, -0.05) is 11.6 Å². The number of aromatic nitrogens is 2. The van der Waals surface area contributed by atoms with Crippen molar-refractivity contribution in [3.63, 3.8) is 0 Å². The minimum absolute atomic E-state index is 0.243. The van der Waals surface area contributed by atoms with Gasteiger partial charge in [0, 0.05) is 38.6 Å². The Hall–Kier alpha value is -1.14. The van der Waals surface area contributed by atoms with Gasteiger partial charge in [0.25, 0.3) is 0 Å². The standard InChI is InChI=1S/C15H21ClN4O/c16-13-2-3-15-17-14(12-20(15)10-13)11-19-5-1-4-18(6-7-19)8-9-21/h2-3,10,12,21H,1,4-9,11H2. The summed E-state index contributed by atoms with van der Waals surface area (Å²) >= 11 is 6.00. The van der Waals surface area contributed by atoms with E-state index >= 15 is 0 Å².